The van der Waals surface area contributed by atoms with Crippen molar-refractivity contribution in [1.82, 2.24) is 9.29 Å². The molecule has 25 heavy (non-hydrogen) atoms. The summed E-state index contributed by atoms with van der Waals surface area (Å²) in [4.78, 5) is 12.2. The van der Waals surface area contributed by atoms with Crippen LogP contribution in [-0.4, -0.2) is 13.0 Å². The van der Waals surface area contributed by atoms with Crippen LogP contribution < -0.4 is 9.60 Å². The van der Waals surface area contributed by atoms with Crippen LogP contribution in [0.4, 0.5) is 0 Å². The lowest BCUT2D eigenvalue weighted by Crippen LogP contribution is -2.26. The number of sulfonamides is 1. The summed E-state index contributed by atoms with van der Waals surface area (Å²) in [7, 11) is -3.67. The lowest BCUT2D eigenvalue weighted by Gasteiger charge is -2.14. The third kappa shape index (κ3) is 3.68. The minimum Gasteiger partial charge on any atom is -0.299 e. The van der Waals surface area contributed by atoms with Crippen molar-refractivity contribution in [3.8, 4) is 0 Å². The maximum Gasteiger partial charge on any atom is 0.308 e. The molecule has 0 aliphatic rings. The molecule has 3 rings (SSSR count). The van der Waals surface area contributed by atoms with E-state index in [4.69, 9.17) is 0 Å². The third-order valence-corrected chi connectivity index (χ3v) is 6.51. The van der Waals surface area contributed by atoms with E-state index >= 15 is 0 Å². The Morgan fingerprint density at radius 2 is 1.88 bits per heavy atom. The molecule has 0 amide bonds. The second kappa shape index (κ2) is 7.11. The fourth-order valence-electron chi connectivity index (χ4n) is 2.76. The van der Waals surface area contributed by atoms with Crippen molar-refractivity contribution in [2.24, 2.45) is 0 Å². The Bertz CT molecular complexity index is 1040. The molecule has 0 bridgehead atoms. The number of hydrogen-bond acceptors (Lipinski definition) is 4. The average Bonchev–Trinajstić information content (AvgIpc) is 2.90. The summed E-state index contributed by atoms with van der Waals surface area (Å²) in [5, 5.41) is 0. The van der Waals surface area contributed by atoms with Crippen LogP contribution >= 0.6 is 11.3 Å². The quantitative estimate of drug-likeness (QED) is 0.716. The van der Waals surface area contributed by atoms with Gasteiger partial charge in [0.1, 0.15) is 0 Å². The number of benzene rings is 2. The number of nitrogens with zero attached hydrogens (tertiary/aromatic N) is 1. The molecular weight excluding hydrogens is 356 g/mol. The van der Waals surface area contributed by atoms with E-state index in [1.54, 1.807) is 22.8 Å². The normalized spacial score (nSPS) is 13.2. The summed E-state index contributed by atoms with van der Waals surface area (Å²) in [6, 6.07) is 13.9. The van der Waals surface area contributed by atoms with E-state index in [1.165, 1.54) is 0 Å². The largest absolute Gasteiger partial charge is 0.308 e. The van der Waals surface area contributed by atoms with Crippen LogP contribution in [0.5, 0.6) is 0 Å². The minimum absolute atomic E-state index is 0.0583. The van der Waals surface area contributed by atoms with Crippen molar-refractivity contribution in [3.63, 3.8) is 0 Å². The Hall–Kier alpha value is -1.96. The van der Waals surface area contributed by atoms with Crippen LogP contribution in [0.3, 0.4) is 0 Å². The molecule has 0 spiro atoms. The SMILES string of the molecule is CCCn1c(=O)sc2cc(S(=O)(=O)N[C@H](C)c3ccccc3)ccc21. The van der Waals surface area contributed by atoms with E-state index in [-0.39, 0.29) is 15.8 Å². The van der Waals surface area contributed by atoms with E-state index in [1.807, 2.05) is 44.2 Å². The van der Waals surface area contributed by atoms with E-state index in [0.29, 0.717) is 11.2 Å². The molecular formula is C18H20N2O3S2. The Morgan fingerprint density at radius 1 is 1.16 bits per heavy atom. The van der Waals surface area contributed by atoms with Gasteiger partial charge in [-0.15, -0.1) is 0 Å². The van der Waals surface area contributed by atoms with Crippen molar-refractivity contribution in [1.29, 1.82) is 0 Å². The topological polar surface area (TPSA) is 68.2 Å². The Labute approximate surface area is 151 Å². The first-order valence-electron chi connectivity index (χ1n) is 8.13. The maximum absolute atomic E-state index is 12.7. The van der Waals surface area contributed by atoms with E-state index < -0.39 is 10.0 Å². The first kappa shape index (κ1) is 17.8. The Kier molecular flexibility index (Phi) is 5.08. The highest BCUT2D eigenvalue weighted by Crippen LogP contribution is 2.23. The van der Waals surface area contributed by atoms with Gasteiger partial charge < -0.3 is 0 Å². The summed E-state index contributed by atoms with van der Waals surface area (Å²) in [6.45, 7) is 4.44. The highest BCUT2D eigenvalue weighted by Gasteiger charge is 2.20. The number of thiazole rings is 1. The van der Waals surface area contributed by atoms with Crippen molar-refractivity contribution >= 4 is 31.6 Å². The molecule has 7 heteroatoms. The lowest BCUT2D eigenvalue weighted by atomic mass is 10.1. The molecule has 0 fully saturated rings. The Balaban J connectivity index is 1.93. The first-order chi connectivity index (χ1) is 11.9. The summed E-state index contributed by atoms with van der Waals surface area (Å²) >= 11 is 1.08. The molecule has 132 valence electrons. The van der Waals surface area contributed by atoms with Crippen LogP contribution in [0.1, 0.15) is 31.9 Å². The smallest absolute Gasteiger partial charge is 0.299 e. The standard InChI is InChI=1S/C18H20N2O3S2/c1-3-11-20-16-10-9-15(12-17(16)24-18(20)21)25(22,23)19-13(2)14-7-5-4-6-8-14/h4-10,12-13,19H,3,11H2,1-2H3/t13-/m1/s1. The summed E-state index contributed by atoms with van der Waals surface area (Å²) in [6.07, 6.45) is 0.849. The lowest BCUT2D eigenvalue weighted by molar-refractivity contribution is 0.567. The monoisotopic (exact) mass is 376 g/mol. The Morgan fingerprint density at radius 3 is 2.56 bits per heavy atom. The molecule has 0 saturated carbocycles. The molecule has 0 unspecified atom stereocenters. The highest BCUT2D eigenvalue weighted by molar-refractivity contribution is 7.89. The van der Waals surface area contributed by atoms with Crippen molar-refractivity contribution in [2.75, 3.05) is 0 Å². The molecule has 0 aliphatic heterocycles. The van der Waals surface area contributed by atoms with Gasteiger partial charge in [0.25, 0.3) is 0 Å². The number of rotatable bonds is 6. The molecule has 1 atom stereocenters. The number of aryl methyl sites for hydroxylation is 1. The second-order valence-electron chi connectivity index (χ2n) is 5.90. The fraction of sp³-hybridized carbons (Fsp3) is 0.278. The van der Waals surface area contributed by atoms with Gasteiger partial charge in [-0.3, -0.25) is 9.36 Å². The number of aromatic nitrogens is 1. The van der Waals surface area contributed by atoms with Gasteiger partial charge in [-0.25, -0.2) is 13.1 Å². The molecule has 1 heterocycles. The van der Waals surface area contributed by atoms with Crippen LogP contribution in [0.15, 0.2) is 58.2 Å². The molecule has 2 aromatic carbocycles. The number of fused-ring (bicyclic) bond motifs is 1. The molecule has 0 saturated heterocycles. The molecule has 5 nitrogen and oxygen atoms in total. The zero-order chi connectivity index (χ0) is 18.0. The predicted molar refractivity (Wildman–Crippen MR) is 102 cm³/mol. The molecule has 3 aromatic rings. The van der Waals surface area contributed by atoms with Crippen molar-refractivity contribution < 1.29 is 8.42 Å². The maximum atomic E-state index is 12.7. The van der Waals surface area contributed by atoms with Gasteiger partial charge in [-0.05, 0) is 37.1 Å². The average molecular weight is 377 g/mol. The predicted octanol–water partition coefficient (Wildman–Crippen LogP) is 3.51. The number of hydrogen-bond donors (Lipinski definition) is 1. The van der Waals surface area contributed by atoms with Crippen molar-refractivity contribution in [3.05, 3.63) is 63.8 Å². The summed E-state index contributed by atoms with van der Waals surface area (Å²) in [5.41, 5.74) is 1.68. The van der Waals surface area contributed by atoms with Gasteiger partial charge in [0.05, 0.1) is 15.1 Å². The van der Waals surface area contributed by atoms with Crippen LogP contribution in [0.2, 0.25) is 0 Å². The molecule has 0 radical (unpaired) electrons. The molecule has 0 aliphatic carbocycles. The third-order valence-electron chi connectivity index (χ3n) is 4.03. The zero-order valence-electron chi connectivity index (χ0n) is 14.1. The van der Waals surface area contributed by atoms with Crippen LogP contribution in [0.25, 0.3) is 10.2 Å². The first-order valence-corrected chi connectivity index (χ1v) is 10.4. The van der Waals surface area contributed by atoms with Gasteiger partial charge in [0.2, 0.25) is 10.0 Å². The van der Waals surface area contributed by atoms with E-state index in [9.17, 15) is 13.2 Å². The van der Waals surface area contributed by atoms with Gasteiger partial charge in [0.15, 0.2) is 0 Å². The van der Waals surface area contributed by atoms with Gasteiger partial charge >= 0.3 is 4.87 Å². The second-order valence-corrected chi connectivity index (χ2v) is 8.61. The summed E-state index contributed by atoms with van der Waals surface area (Å²) < 4.78 is 30.4. The molecule has 1 aromatic heterocycles. The van der Waals surface area contributed by atoms with E-state index in [2.05, 4.69) is 4.72 Å². The van der Waals surface area contributed by atoms with Crippen molar-refractivity contribution in [2.45, 2.75) is 37.8 Å². The van der Waals surface area contributed by atoms with Crippen LogP contribution in [-0.2, 0) is 16.6 Å². The number of nitrogens with one attached hydrogen (secondary N) is 1. The minimum atomic E-state index is -3.67. The van der Waals surface area contributed by atoms with Gasteiger partial charge in [0, 0.05) is 12.6 Å². The molecule has 1 N–H and O–H groups in total. The van der Waals surface area contributed by atoms with E-state index in [0.717, 1.165) is 28.8 Å². The zero-order valence-corrected chi connectivity index (χ0v) is 15.7. The van der Waals surface area contributed by atoms with Gasteiger partial charge in [-0.1, -0.05) is 48.6 Å². The summed E-state index contributed by atoms with van der Waals surface area (Å²) in [5.74, 6) is 0. The van der Waals surface area contributed by atoms with Crippen LogP contribution in [0, 0.1) is 0 Å². The van der Waals surface area contributed by atoms with Gasteiger partial charge in [-0.2, -0.15) is 0 Å². The fourth-order valence-corrected chi connectivity index (χ4v) is 5.05. The highest BCUT2D eigenvalue weighted by atomic mass is 32.2.